The van der Waals surface area contributed by atoms with Crippen LogP contribution < -0.4 is 0 Å². The van der Waals surface area contributed by atoms with Crippen LogP contribution in [-0.2, 0) is 18.7 Å². The number of alkyl halides is 1. The van der Waals surface area contributed by atoms with Crippen molar-refractivity contribution < 1.29 is 0 Å². The van der Waals surface area contributed by atoms with Crippen LogP contribution in [0.5, 0.6) is 0 Å². The number of nitrogens with zero attached hydrogens (tertiary/aromatic N) is 2. The summed E-state index contributed by atoms with van der Waals surface area (Å²) in [5.41, 5.74) is 4.63. The predicted molar refractivity (Wildman–Crippen MR) is 71.9 cm³/mol. The van der Waals surface area contributed by atoms with E-state index in [1.165, 1.54) is 5.69 Å². The molecule has 0 atom stereocenters. The average Bonchev–Trinajstić information content (AvgIpc) is 2.82. The molecular weight excluding hydrogens is 232 g/mol. The Hall–Kier alpha value is -1.28. The first-order valence-electron chi connectivity index (χ1n) is 6.01. The lowest BCUT2D eigenvalue weighted by Crippen LogP contribution is -2.01. The van der Waals surface area contributed by atoms with E-state index in [4.69, 9.17) is 11.6 Å². The van der Waals surface area contributed by atoms with Gasteiger partial charge in [-0.1, -0.05) is 26.0 Å². The molecule has 0 amide bonds. The summed E-state index contributed by atoms with van der Waals surface area (Å²) in [5, 5.41) is 4.61. The summed E-state index contributed by atoms with van der Waals surface area (Å²) < 4.78 is 2.02. The highest BCUT2D eigenvalue weighted by atomic mass is 35.5. The molecule has 0 fully saturated rings. The molecule has 0 saturated carbocycles. The zero-order valence-electron chi connectivity index (χ0n) is 10.3. The van der Waals surface area contributed by atoms with Gasteiger partial charge in [-0.25, -0.2) is 4.68 Å². The van der Waals surface area contributed by atoms with E-state index in [1.54, 1.807) is 0 Å². The van der Waals surface area contributed by atoms with Crippen molar-refractivity contribution in [1.29, 1.82) is 0 Å². The summed E-state index contributed by atoms with van der Waals surface area (Å²) in [6.07, 6.45) is 1.96. The van der Waals surface area contributed by atoms with E-state index in [2.05, 4.69) is 49.3 Å². The van der Waals surface area contributed by atoms with Crippen LogP contribution in [0.4, 0.5) is 0 Å². The van der Waals surface area contributed by atoms with Gasteiger partial charge in [0.2, 0.25) is 0 Å². The van der Waals surface area contributed by atoms with Gasteiger partial charge < -0.3 is 0 Å². The molecule has 0 saturated heterocycles. The zero-order valence-corrected chi connectivity index (χ0v) is 11.0. The number of aryl methyl sites for hydroxylation is 2. The summed E-state index contributed by atoms with van der Waals surface area (Å²) in [7, 11) is 0. The lowest BCUT2D eigenvalue weighted by atomic mass is 10.2. The van der Waals surface area contributed by atoms with Gasteiger partial charge in [-0.15, -0.1) is 11.6 Å². The Morgan fingerprint density at radius 2 is 1.82 bits per heavy atom. The van der Waals surface area contributed by atoms with Crippen molar-refractivity contribution in [3.8, 4) is 5.69 Å². The highest BCUT2D eigenvalue weighted by Crippen LogP contribution is 2.15. The van der Waals surface area contributed by atoms with Gasteiger partial charge in [0.15, 0.2) is 0 Å². The fourth-order valence-corrected chi connectivity index (χ4v) is 2.03. The Labute approximate surface area is 107 Å². The van der Waals surface area contributed by atoms with Gasteiger partial charge in [0, 0.05) is 11.6 Å². The number of hydrogen-bond donors (Lipinski definition) is 0. The molecule has 1 aromatic heterocycles. The predicted octanol–water partition coefficient (Wildman–Crippen LogP) is 3.74. The number of rotatable bonds is 4. The number of halogens is 1. The number of benzene rings is 1. The molecule has 1 heterocycles. The fraction of sp³-hybridized carbons (Fsp3) is 0.357. The quantitative estimate of drug-likeness (QED) is 0.754. The Bertz CT molecular complexity index is 485. The van der Waals surface area contributed by atoms with E-state index in [0.29, 0.717) is 5.88 Å². The second-order valence-corrected chi connectivity index (χ2v) is 4.31. The minimum absolute atomic E-state index is 0.556. The second-order valence-electron chi connectivity index (χ2n) is 4.05. The largest absolute Gasteiger partial charge is 0.238 e. The van der Waals surface area contributed by atoms with Gasteiger partial charge in [-0.05, 0) is 36.6 Å². The second kappa shape index (κ2) is 5.37. The maximum Gasteiger partial charge on any atom is 0.0649 e. The Balaban J connectivity index is 2.40. The monoisotopic (exact) mass is 248 g/mol. The third kappa shape index (κ3) is 2.52. The van der Waals surface area contributed by atoms with Gasteiger partial charge in [-0.2, -0.15) is 5.10 Å². The third-order valence-electron chi connectivity index (χ3n) is 2.89. The molecule has 2 nitrogen and oxygen atoms in total. The minimum Gasteiger partial charge on any atom is -0.238 e. The molecule has 2 aromatic rings. The minimum atomic E-state index is 0.556. The molecule has 3 heteroatoms. The average molecular weight is 249 g/mol. The lowest BCUT2D eigenvalue weighted by molar-refractivity contribution is 0.794. The molecule has 0 radical (unpaired) electrons. The van der Waals surface area contributed by atoms with Crippen molar-refractivity contribution in [2.75, 3.05) is 0 Å². The maximum absolute atomic E-state index is 5.79. The Morgan fingerprint density at radius 1 is 1.12 bits per heavy atom. The van der Waals surface area contributed by atoms with E-state index >= 15 is 0 Å². The van der Waals surface area contributed by atoms with Crippen molar-refractivity contribution in [3.63, 3.8) is 0 Å². The third-order valence-corrected chi connectivity index (χ3v) is 3.20. The molecule has 0 N–H and O–H groups in total. The zero-order chi connectivity index (χ0) is 12.3. The van der Waals surface area contributed by atoms with Gasteiger partial charge in [0.05, 0.1) is 11.4 Å². The standard InChI is InChI=1S/C14H17ClN2/c1-3-12-9-13(4-2)17(16-12)14-7-5-11(10-15)6-8-14/h5-9H,3-4,10H2,1-2H3. The molecule has 0 aliphatic heterocycles. The Kier molecular flexibility index (Phi) is 3.85. The molecule has 0 spiro atoms. The first-order valence-corrected chi connectivity index (χ1v) is 6.55. The molecule has 17 heavy (non-hydrogen) atoms. The molecular formula is C14H17ClN2. The summed E-state index contributed by atoms with van der Waals surface area (Å²) in [6, 6.07) is 10.4. The first kappa shape index (κ1) is 12.2. The van der Waals surface area contributed by atoms with E-state index in [1.807, 2.05) is 4.68 Å². The molecule has 0 bridgehead atoms. The van der Waals surface area contributed by atoms with Gasteiger partial charge in [0.1, 0.15) is 0 Å². The molecule has 0 aliphatic rings. The lowest BCUT2D eigenvalue weighted by Gasteiger charge is -2.06. The molecule has 2 rings (SSSR count). The van der Waals surface area contributed by atoms with Gasteiger partial charge in [-0.3, -0.25) is 0 Å². The van der Waals surface area contributed by atoms with Crippen LogP contribution >= 0.6 is 11.6 Å². The first-order chi connectivity index (χ1) is 8.28. The van der Waals surface area contributed by atoms with Crippen molar-refractivity contribution in [3.05, 3.63) is 47.3 Å². The van der Waals surface area contributed by atoms with E-state index in [-0.39, 0.29) is 0 Å². The van der Waals surface area contributed by atoms with E-state index in [0.717, 1.165) is 29.8 Å². The van der Waals surface area contributed by atoms with Crippen LogP contribution in [0.1, 0.15) is 30.8 Å². The highest BCUT2D eigenvalue weighted by Gasteiger charge is 2.06. The van der Waals surface area contributed by atoms with Crippen LogP contribution in [0.25, 0.3) is 5.69 Å². The van der Waals surface area contributed by atoms with Crippen molar-refractivity contribution >= 4 is 11.6 Å². The summed E-state index contributed by atoms with van der Waals surface area (Å²) >= 11 is 5.79. The van der Waals surface area contributed by atoms with Crippen molar-refractivity contribution in [2.45, 2.75) is 32.6 Å². The van der Waals surface area contributed by atoms with Gasteiger partial charge in [0.25, 0.3) is 0 Å². The topological polar surface area (TPSA) is 17.8 Å². The van der Waals surface area contributed by atoms with Crippen LogP contribution in [0.3, 0.4) is 0 Å². The summed E-state index contributed by atoms with van der Waals surface area (Å²) in [4.78, 5) is 0. The van der Waals surface area contributed by atoms with Crippen LogP contribution in [0.15, 0.2) is 30.3 Å². The van der Waals surface area contributed by atoms with Crippen LogP contribution in [0.2, 0.25) is 0 Å². The molecule has 90 valence electrons. The van der Waals surface area contributed by atoms with E-state index in [9.17, 15) is 0 Å². The number of hydrogen-bond acceptors (Lipinski definition) is 1. The van der Waals surface area contributed by atoms with E-state index < -0.39 is 0 Å². The number of aromatic nitrogens is 2. The summed E-state index contributed by atoms with van der Waals surface area (Å²) in [5.74, 6) is 0.556. The fourth-order valence-electron chi connectivity index (χ4n) is 1.85. The molecule has 0 aliphatic carbocycles. The Morgan fingerprint density at radius 3 is 2.35 bits per heavy atom. The normalized spacial score (nSPS) is 10.8. The van der Waals surface area contributed by atoms with Crippen LogP contribution in [0, 0.1) is 0 Å². The smallest absolute Gasteiger partial charge is 0.0649 e. The van der Waals surface area contributed by atoms with Crippen molar-refractivity contribution in [2.24, 2.45) is 0 Å². The van der Waals surface area contributed by atoms with Gasteiger partial charge >= 0.3 is 0 Å². The molecule has 0 unspecified atom stereocenters. The summed E-state index contributed by atoms with van der Waals surface area (Å²) in [6.45, 7) is 4.28. The molecule has 1 aromatic carbocycles. The highest BCUT2D eigenvalue weighted by molar-refractivity contribution is 6.17. The SMILES string of the molecule is CCc1cc(CC)n(-c2ccc(CCl)cc2)n1. The van der Waals surface area contributed by atoms with Crippen LogP contribution in [-0.4, -0.2) is 9.78 Å². The maximum atomic E-state index is 5.79. The van der Waals surface area contributed by atoms with Crippen molar-refractivity contribution in [1.82, 2.24) is 9.78 Å².